The molecule has 3 heteroatoms. The fourth-order valence-electron chi connectivity index (χ4n) is 1.45. The fraction of sp³-hybridized carbons (Fsp3) is 1.00. The van der Waals surface area contributed by atoms with E-state index in [0.717, 1.165) is 12.8 Å². The second kappa shape index (κ2) is 9.44. The average molecular weight is 204 g/mol. The van der Waals surface area contributed by atoms with Crippen molar-refractivity contribution in [3.8, 4) is 0 Å². The highest BCUT2D eigenvalue weighted by atomic mass is 16.4. The lowest BCUT2D eigenvalue weighted by Gasteiger charge is -2.14. The van der Waals surface area contributed by atoms with Crippen LogP contribution in [0.15, 0.2) is 0 Å². The van der Waals surface area contributed by atoms with E-state index in [0.29, 0.717) is 6.42 Å². The molecule has 3 nitrogen and oxygen atoms in total. The lowest BCUT2D eigenvalue weighted by molar-refractivity contribution is -0.0185. The first kappa shape index (κ1) is 13.9. The van der Waals surface area contributed by atoms with E-state index in [-0.39, 0.29) is 6.61 Å². The molecule has 0 spiro atoms. The van der Waals surface area contributed by atoms with Crippen molar-refractivity contribution in [2.45, 2.75) is 64.1 Å². The maximum atomic E-state index is 9.31. The van der Waals surface area contributed by atoms with E-state index < -0.39 is 12.2 Å². The third kappa shape index (κ3) is 7.30. The lowest BCUT2D eigenvalue weighted by Crippen LogP contribution is -2.28. The fourth-order valence-corrected chi connectivity index (χ4v) is 1.45. The summed E-state index contributed by atoms with van der Waals surface area (Å²) in [6.07, 6.45) is 5.89. The first-order valence-electron chi connectivity index (χ1n) is 5.69. The Bertz CT molecular complexity index is 117. The summed E-state index contributed by atoms with van der Waals surface area (Å²) in [5.41, 5.74) is 0. The minimum Gasteiger partial charge on any atom is -0.394 e. The first-order chi connectivity index (χ1) is 6.72. The Morgan fingerprint density at radius 3 is 2.00 bits per heavy atom. The van der Waals surface area contributed by atoms with E-state index in [2.05, 4.69) is 6.92 Å². The van der Waals surface area contributed by atoms with Crippen molar-refractivity contribution >= 4 is 0 Å². The Labute approximate surface area is 86.8 Å². The molecule has 0 aliphatic rings. The Balaban J connectivity index is 3.18. The van der Waals surface area contributed by atoms with E-state index in [1.165, 1.54) is 25.7 Å². The van der Waals surface area contributed by atoms with Crippen LogP contribution in [0.4, 0.5) is 0 Å². The van der Waals surface area contributed by atoms with Gasteiger partial charge in [0.25, 0.3) is 0 Å². The van der Waals surface area contributed by atoms with E-state index in [4.69, 9.17) is 10.2 Å². The normalized spacial score (nSPS) is 15.4. The van der Waals surface area contributed by atoms with Crippen molar-refractivity contribution in [3.63, 3.8) is 0 Å². The molecule has 0 radical (unpaired) electrons. The van der Waals surface area contributed by atoms with Crippen molar-refractivity contribution in [1.29, 1.82) is 0 Å². The molecule has 0 aromatic rings. The van der Waals surface area contributed by atoms with Crippen LogP contribution in [0.2, 0.25) is 0 Å². The summed E-state index contributed by atoms with van der Waals surface area (Å²) in [5, 5.41) is 26.9. The molecule has 0 aromatic heterocycles. The Kier molecular flexibility index (Phi) is 9.35. The predicted molar refractivity (Wildman–Crippen MR) is 57.1 cm³/mol. The van der Waals surface area contributed by atoms with Gasteiger partial charge < -0.3 is 15.3 Å². The molecular weight excluding hydrogens is 180 g/mol. The van der Waals surface area contributed by atoms with E-state index in [9.17, 15) is 5.11 Å². The van der Waals surface area contributed by atoms with Crippen LogP contribution in [0.3, 0.4) is 0 Å². The quantitative estimate of drug-likeness (QED) is 0.498. The Morgan fingerprint density at radius 2 is 1.43 bits per heavy atom. The number of aliphatic hydroxyl groups is 3. The maximum absolute atomic E-state index is 9.31. The molecule has 0 bridgehead atoms. The van der Waals surface area contributed by atoms with Crippen LogP contribution >= 0.6 is 0 Å². The van der Waals surface area contributed by atoms with E-state index in [1.54, 1.807) is 0 Å². The minimum atomic E-state index is -0.967. The Morgan fingerprint density at radius 1 is 0.857 bits per heavy atom. The zero-order valence-electron chi connectivity index (χ0n) is 9.15. The molecule has 3 N–H and O–H groups in total. The van der Waals surface area contributed by atoms with Crippen molar-refractivity contribution in [3.05, 3.63) is 0 Å². The third-order valence-corrected chi connectivity index (χ3v) is 2.48. The topological polar surface area (TPSA) is 60.7 Å². The average Bonchev–Trinajstić information content (AvgIpc) is 2.21. The molecule has 0 heterocycles. The monoisotopic (exact) mass is 204 g/mol. The molecule has 0 rings (SSSR count). The molecule has 0 saturated heterocycles. The van der Waals surface area contributed by atoms with E-state index >= 15 is 0 Å². The molecular formula is C11H24O3. The van der Waals surface area contributed by atoms with Crippen LogP contribution in [-0.4, -0.2) is 34.1 Å². The molecule has 86 valence electrons. The zero-order valence-corrected chi connectivity index (χ0v) is 9.15. The molecule has 2 atom stereocenters. The van der Waals surface area contributed by atoms with Crippen LogP contribution in [0.1, 0.15) is 51.9 Å². The van der Waals surface area contributed by atoms with Crippen LogP contribution in [0.25, 0.3) is 0 Å². The molecule has 0 amide bonds. The highest BCUT2D eigenvalue weighted by molar-refractivity contribution is 4.65. The zero-order chi connectivity index (χ0) is 10.8. The SMILES string of the molecule is CCCCCCCC[C@H](O)C(O)CO. The first-order valence-corrected chi connectivity index (χ1v) is 5.69. The summed E-state index contributed by atoms with van der Waals surface area (Å²) in [6, 6.07) is 0. The predicted octanol–water partition coefficient (Wildman–Crippen LogP) is 1.45. The van der Waals surface area contributed by atoms with Crippen molar-refractivity contribution in [1.82, 2.24) is 0 Å². The number of rotatable bonds is 9. The van der Waals surface area contributed by atoms with Gasteiger partial charge in [0.05, 0.1) is 12.7 Å². The maximum Gasteiger partial charge on any atom is 0.103 e. The van der Waals surface area contributed by atoms with Gasteiger partial charge in [-0.15, -0.1) is 0 Å². The van der Waals surface area contributed by atoms with Gasteiger partial charge in [-0.3, -0.25) is 0 Å². The molecule has 0 saturated carbocycles. The van der Waals surface area contributed by atoms with Gasteiger partial charge in [0.15, 0.2) is 0 Å². The third-order valence-electron chi connectivity index (χ3n) is 2.48. The smallest absolute Gasteiger partial charge is 0.103 e. The van der Waals surface area contributed by atoms with Crippen LogP contribution in [0.5, 0.6) is 0 Å². The summed E-state index contributed by atoms with van der Waals surface area (Å²) < 4.78 is 0. The standard InChI is InChI=1S/C11H24O3/c1-2-3-4-5-6-7-8-10(13)11(14)9-12/h10-14H,2-9H2,1H3/t10-,11?/m0/s1. The van der Waals surface area contributed by atoms with Gasteiger partial charge in [-0.25, -0.2) is 0 Å². The molecule has 0 fully saturated rings. The van der Waals surface area contributed by atoms with Crippen LogP contribution in [0, 0.1) is 0 Å². The van der Waals surface area contributed by atoms with Crippen LogP contribution < -0.4 is 0 Å². The van der Waals surface area contributed by atoms with Crippen molar-refractivity contribution < 1.29 is 15.3 Å². The largest absolute Gasteiger partial charge is 0.394 e. The van der Waals surface area contributed by atoms with Gasteiger partial charge >= 0.3 is 0 Å². The molecule has 0 aliphatic heterocycles. The molecule has 1 unspecified atom stereocenters. The lowest BCUT2D eigenvalue weighted by atomic mass is 10.0. The second-order valence-corrected chi connectivity index (χ2v) is 3.87. The number of aliphatic hydroxyl groups excluding tert-OH is 3. The summed E-state index contributed by atoms with van der Waals surface area (Å²) in [6.45, 7) is 1.83. The summed E-state index contributed by atoms with van der Waals surface area (Å²) in [4.78, 5) is 0. The number of unbranched alkanes of at least 4 members (excludes halogenated alkanes) is 5. The van der Waals surface area contributed by atoms with Crippen LogP contribution in [-0.2, 0) is 0 Å². The van der Waals surface area contributed by atoms with Crippen molar-refractivity contribution in [2.24, 2.45) is 0 Å². The van der Waals surface area contributed by atoms with Gasteiger partial charge in [0, 0.05) is 0 Å². The number of hydrogen-bond donors (Lipinski definition) is 3. The highest BCUT2D eigenvalue weighted by Crippen LogP contribution is 2.10. The minimum absolute atomic E-state index is 0.350. The molecule has 14 heavy (non-hydrogen) atoms. The molecule has 0 aliphatic carbocycles. The second-order valence-electron chi connectivity index (χ2n) is 3.87. The molecule has 0 aromatic carbocycles. The summed E-state index contributed by atoms with van der Waals surface area (Å²) in [7, 11) is 0. The Hall–Kier alpha value is -0.120. The van der Waals surface area contributed by atoms with Gasteiger partial charge in [0.2, 0.25) is 0 Å². The van der Waals surface area contributed by atoms with E-state index in [1.807, 2.05) is 0 Å². The summed E-state index contributed by atoms with van der Waals surface area (Å²) in [5.74, 6) is 0. The highest BCUT2D eigenvalue weighted by Gasteiger charge is 2.13. The van der Waals surface area contributed by atoms with Gasteiger partial charge in [-0.05, 0) is 6.42 Å². The van der Waals surface area contributed by atoms with Gasteiger partial charge in [0.1, 0.15) is 6.10 Å². The van der Waals surface area contributed by atoms with Gasteiger partial charge in [-0.2, -0.15) is 0 Å². The van der Waals surface area contributed by atoms with Gasteiger partial charge in [-0.1, -0.05) is 45.4 Å². The van der Waals surface area contributed by atoms with Crippen molar-refractivity contribution in [2.75, 3.05) is 6.61 Å². The summed E-state index contributed by atoms with van der Waals surface area (Å²) >= 11 is 0. The number of hydrogen-bond acceptors (Lipinski definition) is 3.